The van der Waals surface area contributed by atoms with E-state index in [1.54, 1.807) is 37.5 Å². The van der Waals surface area contributed by atoms with Crippen LogP contribution in [-0.2, 0) is 7.05 Å². The number of hydrogen-bond donors (Lipinski definition) is 1. The average molecular weight is 430 g/mol. The van der Waals surface area contributed by atoms with Gasteiger partial charge in [0.25, 0.3) is 5.56 Å². The van der Waals surface area contributed by atoms with Gasteiger partial charge in [-0.2, -0.15) is 4.98 Å². The van der Waals surface area contributed by atoms with Gasteiger partial charge in [-0.25, -0.2) is 9.99 Å². The maximum Gasteiger partial charge on any atom is 0.259 e. The summed E-state index contributed by atoms with van der Waals surface area (Å²) in [4.78, 5) is 22.1. The number of nitrogens with one attached hydrogen (secondary N) is 1. The number of hydrazine groups is 1. The third-order valence-corrected chi connectivity index (χ3v) is 6.79. The average Bonchev–Trinajstić information content (AvgIpc) is 3.27. The summed E-state index contributed by atoms with van der Waals surface area (Å²) >= 11 is 12.6. The Kier molecular flexibility index (Phi) is 4.73. The molecule has 8 heteroatoms. The van der Waals surface area contributed by atoms with Gasteiger partial charge in [-0.1, -0.05) is 35.7 Å². The van der Waals surface area contributed by atoms with Gasteiger partial charge in [0.15, 0.2) is 0 Å². The van der Waals surface area contributed by atoms with Crippen LogP contribution in [0.3, 0.4) is 0 Å². The van der Waals surface area contributed by atoms with E-state index in [-0.39, 0.29) is 5.56 Å². The standard InChI is InChI=1S/C21H21Cl2N5O/c1-27-19-14(8-15(20(27)29)18-16(22)6-3-7-17(18)23)9-24-21(25-19)26-28-10-12-4-2-5-13(12)11-28/h3,6-9,12-13H,2,4-5,10-11H2,1H3,(H,24,25,26). The van der Waals surface area contributed by atoms with Gasteiger partial charge in [-0.3, -0.25) is 14.8 Å². The van der Waals surface area contributed by atoms with Gasteiger partial charge in [-0.05, 0) is 42.9 Å². The maximum atomic E-state index is 13.0. The lowest BCUT2D eigenvalue weighted by molar-refractivity contribution is 0.369. The van der Waals surface area contributed by atoms with E-state index >= 15 is 0 Å². The third kappa shape index (κ3) is 3.29. The smallest absolute Gasteiger partial charge is 0.259 e. The predicted octanol–water partition coefficient (Wildman–Crippen LogP) is 4.36. The SMILES string of the molecule is Cn1c(=O)c(-c2c(Cl)cccc2Cl)cc2cnc(NN3CC4CCCC4C3)nc21. The molecule has 1 saturated heterocycles. The molecule has 1 aromatic carbocycles. The van der Waals surface area contributed by atoms with Gasteiger partial charge in [0.2, 0.25) is 5.95 Å². The molecule has 2 fully saturated rings. The number of aromatic nitrogens is 3. The molecule has 2 atom stereocenters. The van der Waals surface area contributed by atoms with E-state index in [1.807, 2.05) is 0 Å². The molecule has 0 radical (unpaired) electrons. The summed E-state index contributed by atoms with van der Waals surface area (Å²) in [5.41, 5.74) is 4.66. The van der Waals surface area contributed by atoms with Gasteiger partial charge in [-0.15, -0.1) is 0 Å². The lowest BCUT2D eigenvalue weighted by Crippen LogP contribution is -2.29. The minimum absolute atomic E-state index is 0.201. The zero-order valence-corrected chi connectivity index (χ0v) is 17.5. The summed E-state index contributed by atoms with van der Waals surface area (Å²) in [7, 11) is 1.70. The second-order valence-corrected chi connectivity index (χ2v) is 8.77. The van der Waals surface area contributed by atoms with Gasteiger partial charge in [0, 0.05) is 37.3 Å². The van der Waals surface area contributed by atoms with Crippen LogP contribution in [0.25, 0.3) is 22.2 Å². The van der Waals surface area contributed by atoms with Crippen molar-refractivity contribution in [2.24, 2.45) is 18.9 Å². The van der Waals surface area contributed by atoms with E-state index < -0.39 is 0 Å². The summed E-state index contributed by atoms with van der Waals surface area (Å²) in [6.45, 7) is 2.05. The molecule has 0 amide bonds. The van der Waals surface area contributed by atoms with Crippen LogP contribution >= 0.6 is 23.2 Å². The Morgan fingerprint density at radius 2 is 1.83 bits per heavy atom. The van der Waals surface area contributed by atoms with Crippen LogP contribution in [0, 0.1) is 11.8 Å². The fraction of sp³-hybridized carbons (Fsp3) is 0.381. The van der Waals surface area contributed by atoms with E-state index in [1.165, 1.54) is 23.8 Å². The highest BCUT2D eigenvalue weighted by Crippen LogP contribution is 2.37. The van der Waals surface area contributed by atoms with Gasteiger partial charge in [0.1, 0.15) is 5.65 Å². The van der Waals surface area contributed by atoms with Crippen LogP contribution < -0.4 is 11.0 Å². The number of anilines is 1. The first-order valence-corrected chi connectivity index (χ1v) is 10.6. The van der Waals surface area contributed by atoms with E-state index in [0.29, 0.717) is 32.8 Å². The fourth-order valence-electron chi connectivity index (χ4n) is 4.70. The molecule has 2 unspecified atom stereocenters. The Hall–Kier alpha value is -2.15. The Morgan fingerprint density at radius 3 is 2.52 bits per heavy atom. The first kappa shape index (κ1) is 18.9. The molecule has 1 saturated carbocycles. The van der Waals surface area contributed by atoms with E-state index in [4.69, 9.17) is 23.2 Å². The Labute approximate surface area is 178 Å². The molecule has 0 bridgehead atoms. The number of nitrogens with zero attached hydrogens (tertiary/aromatic N) is 4. The number of aryl methyl sites for hydroxylation is 1. The van der Waals surface area contributed by atoms with Crippen molar-refractivity contribution in [2.45, 2.75) is 19.3 Å². The number of fused-ring (bicyclic) bond motifs is 2. The van der Waals surface area contributed by atoms with Crippen molar-refractivity contribution < 1.29 is 0 Å². The molecule has 1 aliphatic heterocycles. The van der Waals surface area contributed by atoms with Crippen molar-refractivity contribution >= 4 is 40.2 Å². The molecule has 0 spiro atoms. The number of benzene rings is 1. The number of pyridine rings is 1. The molecule has 6 nitrogen and oxygen atoms in total. The molecule has 3 aromatic rings. The van der Waals surface area contributed by atoms with E-state index in [0.717, 1.165) is 30.3 Å². The van der Waals surface area contributed by atoms with Gasteiger partial charge >= 0.3 is 0 Å². The van der Waals surface area contributed by atoms with Gasteiger partial charge < -0.3 is 0 Å². The molecule has 150 valence electrons. The predicted molar refractivity (Wildman–Crippen MR) is 116 cm³/mol. The summed E-state index contributed by atoms with van der Waals surface area (Å²) in [6.07, 6.45) is 5.69. The molecule has 2 aliphatic rings. The highest BCUT2D eigenvalue weighted by Gasteiger charge is 2.36. The minimum atomic E-state index is -0.201. The monoisotopic (exact) mass is 429 g/mol. The highest BCUT2D eigenvalue weighted by atomic mass is 35.5. The van der Waals surface area contributed by atoms with Crippen molar-refractivity contribution in [3.8, 4) is 11.1 Å². The molecule has 1 aliphatic carbocycles. The van der Waals surface area contributed by atoms with Crippen molar-refractivity contribution in [3.05, 3.63) is 50.9 Å². The van der Waals surface area contributed by atoms with E-state index in [2.05, 4.69) is 20.4 Å². The maximum absolute atomic E-state index is 13.0. The molecule has 1 N–H and O–H groups in total. The van der Waals surface area contributed by atoms with E-state index in [9.17, 15) is 4.79 Å². The second-order valence-electron chi connectivity index (χ2n) is 7.96. The quantitative estimate of drug-likeness (QED) is 0.669. The topological polar surface area (TPSA) is 63.1 Å². The molecular formula is C21H21Cl2N5O. The normalized spacial score (nSPS) is 21.6. The Balaban J connectivity index is 1.51. The van der Waals surface area contributed by atoms with Crippen molar-refractivity contribution in [1.29, 1.82) is 0 Å². The van der Waals surface area contributed by atoms with Crippen LogP contribution in [0.4, 0.5) is 5.95 Å². The van der Waals surface area contributed by atoms with Crippen LogP contribution in [0.1, 0.15) is 19.3 Å². The zero-order valence-electron chi connectivity index (χ0n) is 16.0. The van der Waals surface area contributed by atoms with Crippen molar-refractivity contribution in [2.75, 3.05) is 18.5 Å². The Bertz CT molecular complexity index is 1130. The summed E-state index contributed by atoms with van der Waals surface area (Å²) < 4.78 is 1.52. The minimum Gasteiger partial charge on any atom is -0.295 e. The second kappa shape index (κ2) is 7.27. The molecule has 2 aromatic heterocycles. The zero-order chi connectivity index (χ0) is 20.1. The summed E-state index contributed by atoms with van der Waals surface area (Å²) in [5, 5.41) is 3.83. The molecule has 5 rings (SSSR count). The number of hydrogen-bond acceptors (Lipinski definition) is 5. The van der Waals surface area contributed by atoms with Crippen molar-refractivity contribution in [1.82, 2.24) is 19.5 Å². The lowest BCUT2D eigenvalue weighted by Gasteiger charge is -2.18. The van der Waals surface area contributed by atoms with Crippen LogP contribution in [0.5, 0.6) is 0 Å². The number of rotatable bonds is 3. The lowest BCUT2D eigenvalue weighted by atomic mass is 10.0. The van der Waals surface area contributed by atoms with Gasteiger partial charge in [0.05, 0.1) is 15.6 Å². The Morgan fingerprint density at radius 1 is 1.14 bits per heavy atom. The first-order valence-electron chi connectivity index (χ1n) is 9.84. The van der Waals surface area contributed by atoms with Crippen molar-refractivity contribution in [3.63, 3.8) is 0 Å². The molecular weight excluding hydrogens is 409 g/mol. The molecule has 29 heavy (non-hydrogen) atoms. The highest BCUT2D eigenvalue weighted by molar-refractivity contribution is 6.39. The third-order valence-electron chi connectivity index (χ3n) is 6.17. The summed E-state index contributed by atoms with van der Waals surface area (Å²) in [6, 6.07) is 6.96. The van der Waals surface area contributed by atoms with Crippen LogP contribution in [0.15, 0.2) is 35.3 Å². The molecule has 3 heterocycles. The summed E-state index contributed by atoms with van der Waals surface area (Å²) in [5.74, 6) is 2.06. The van der Waals surface area contributed by atoms with Crippen LogP contribution in [0.2, 0.25) is 10.0 Å². The van der Waals surface area contributed by atoms with Crippen LogP contribution in [-0.4, -0.2) is 32.6 Å². The number of halogens is 2. The fourth-order valence-corrected chi connectivity index (χ4v) is 5.30. The first-order chi connectivity index (χ1) is 14.0. The largest absolute Gasteiger partial charge is 0.295 e.